The van der Waals surface area contributed by atoms with Crippen LogP contribution in [0.5, 0.6) is 0 Å². The first-order valence-electron chi connectivity index (χ1n) is 6.74. The maximum atomic E-state index is 12.6. The van der Waals surface area contributed by atoms with Gasteiger partial charge in [0.05, 0.1) is 11.6 Å². The van der Waals surface area contributed by atoms with E-state index in [2.05, 4.69) is 10.3 Å². The van der Waals surface area contributed by atoms with Crippen LogP contribution in [0, 0.1) is 6.92 Å². The number of hydrogen-bond acceptors (Lipinski definition) is 2. The number of benzene rings is 1. The third-order valence-corrected chi connectivity index (χ3v) is 3.21. The Balaban J connectivity index is 2.34. The van der Waals surface area contributed by atoms with Crippen LogP contribution < -0.4 is 5.32 Å². The van der Waals surface area contributed by atoms with Gasteiger partial charge in [-0.1, -0.05) is 25.1 Å². The lowest BCUT2D eigenvalue weighted by molar-refractivity contribution is -0.137. The van der Waals surface area contributed by atoms with Gasteiger partial charge in [0.15, 0.2) is 0 Å². The molecule has 2 aromatic rings. The summed E-state index contributed by atoms with van der Waals surface area (Å²) < 4.78 is 37.9. The fourth-order valence-corrected chi connectivity index (χ4v) is 2.23. The van der Waals surface area contributed by atoms with Gasteiger partial charge >= 0.3 is 6.18 Å². The van der Waals surface area contributed by atoms with Gasteiger partial charge in [0.25, 0.3) is 0 Å². The molecule has 1 unspecified atom stereocenters. The summed E-state index contributed by atoms with van der Waals surface area (Å²) in [5.41, 5.74) is 2.11. The topological polar surface area (TPSA) is 24.9 Å². The Hall–Kier alpha value is -1.88. The summed E-state index contributed by atoms with van der Waals surface area (Å²) in [5, 5.41) is 3.28. The molecule has 112 valence electrons. The van der Waals surface area contributed by atoms with Gasteiger partial charge in [-0.3, -0.25) is 4.98 Å². The van der Waals surface area contributed by atoms with E-state index in [4.69, 9.17) is 0 Å². The van der Waals surface area contributed by atoms with E-state index < -0.39 is 11.7 Å². The highest BCUT2D eigenvalue weighted by molar-refractivity contribution is 5.34. The van der Waals surface area contributed by atoms with Crippen LogP contribution >= 0.6 is 0 Å². The van der Waals surface area contributed by atoms with Crippen LogP contribution in [-0.2, 0) is 6.18 Å². The van der Waals surface area contributed by atoms with Crippen molar-refractivity contribution in [3.05, 3.63) is 65.0 Å². The van der Waals surface area contributed by atoms with Gasteiger partial charge in [-0.15, -0.1) is 0 Å². The fraction of sp³-hybridized carbons (Fsp3) is 0.312. The predicted molar refractivity (Wildman–Crippen MR) is 75.9 cm³/mol. The van der Waals surface area contributed by atoms with Crippen molar-refractivity contribution in [1.29, 1.82) is 0 Å². The van der Waals surface area contributed by atoms with E-state index in [1.54, 1.807) is 12.4 Å². The second kappa shape index (κ2) is 6.26. The van der Waals surface area contributed by atoms with Gasteiger partial charge in [0.1, 0.15) is 0 Å². The van der Waals surface area contributed by atoms with E-state index in [1.807, 2.05) is 19.9 Å². The molecule has 0 saturated heterocycles. The summed E-state index contributed by atoms with van der Waals surface area (Å²) in [6.45, 7) is 4.60. The first-order valence-corrected chi connectivity index (χ1v) is 6.74. The average molecular weight is 294 g/mol. The summed E-state index contributed by atoms with van der Waals surface area (Å²) >= 11 is 0. The SMILES string of the molecule is CCNC(c1ccc(C(F)(F)F)cc1)c1cncc(C)c1. The predicted octanol–water partition coefficient (Wildman–Crippen LogP) is 4.11. The van der Waals surface area contributed by atoms with Crippen molar-refractivity contribution in [3.63, 3.8) is 0 Å². The third kappa shape index (κ3) is 3.82. The zero-order valence-electron chi connectivity index (χ0n) is 11.9. The highest BCUT2D eigenvalue weighted by atomic mass is 19.4. The summed E-state index contributed by atoms with van der Waals surface area (Å²) in [6.07, 6.45) is -0.825. The minimum atomic E-state index is -4.31. The van der Waals surface area contributed by atoms with Gasteiger partial charge in [0, 0.05) is 12.4 Å². The number of halogens is 3. The Kier molecular flexibility index (Phi) is 4.63. The minimum absolute atomic E-state index is 0.162. The number of alkyl halides is 3. The van der Waals surface area contributed by atoms with E-state index in [0.717, 1.165) is 28.8 Å². The van der Waals surface area contributed by atoms with Crippen molar-refractivity contribution < 1.29 is 13.2 Å². The van der Waals surface area contributed by atoms with Crippen molar-refractivity contribution in [2.24, 2.45) is 0 Å². The molecule has 0 saturated carbocycles. The maximum absolute atomic E-state index is 12.6. The molecule has 0 spiro atoms. The van der Waals surface area contributed by atoms with Crippen molar-refractivity contribution in [2.45, 2.75) is 26.1 Å². The number of aromatic nitrogens is 1. The molecule has 21 heavy (non-hydrogen) atoms. The number of hydrogen-bond donors (Lipinski definition) is 1. The zero-order chi connectivity index (χ0) is 15.5. The molecule has 0 aliphatic heterocycles. The molecule has 2 rings (SSSR count). The molecule has 1 aromatic carbocycles. The molecule has 1 heterocycles. The second-order valence-electron chi connectivity index (χ2n) is 4.91. The molecule has 0 fully saturated rings. The van der Waals surface area contributed by atoms with Crippen molar-refractivity contribution in [1.82, 2.24) is 10.3 Å². The number of nitrogens with zero attached hydrogens (tertiary/aromatic N) is 1. The number of nitrogens with one attached hydrogen (secondary N) is 1. The summed E-state index contributed by atoms with van der Waals surface area (Å²) in [4.78, 5) is 4.15. The molecule has 0 aliphatic rings. The number of aryl methyl sites for hydroxylation is 1. The molecule has 0 radical (unpaired) electrons. The van der Waals surface area contributed by atoms with Gasteiger partial charge < -0.3 is 5.32 Å². The van der Waals surface area contributed by atoms with Crippen molar-refractivity contribution in [2.75, 3.05) is 6.54 Å². The van der Waals surface area contributed by atoms with Crippen LogP contribution in [0.3, 0.4) is 0 Å². The Labute approximate surface area is 122 Å². The Morgan fingerprint density at radius 2 is 1.76 bits per heavy atom. The van der Waals surface area contributed by atoms with E-state index in [-0.39, 0.29) is 6.04 Å². The lowest BCUT2D eigenvalue weighted by Crippen LogP contribution is -2.22. The van der Waals surface area contributed by atoms with Gasteiger partial charge in [0.2, 0.25) is 0 Å². The first-order chi connectivity index (χ1) is 9.91. The summed E-state index contributed by atoms with van der Waals surface area (Å²) in [5.74, 6) is 0. The summed E-state index contributed by atoms with van der Waals surface area (Å²) in [7, 11) is 0. The molecule has 5 heteroatoms. The van der Waals surface area contributed by atoms with Crippen LogP contribution in [-0.4, -0.2) is 11.5 Å². The highest BCUT2D eigenvalue weighted by Crippen LogP contribution is 2.31. The van der Waals surface area contributed by atoms with E-state index in [9.17, 15) is 13.2 Å². The Bertz CT molecular complexity index is 591. The molecule has 1 atom stereocenters. The molecular weight excluding hydrogens is 277 g/mol. The van der Waals surface area contributed by atoms with Gasteiger partial charge in [-0.25, -0.2) is 0 Å². The quantitative estimate of drug-likeness (QED) is 0.918. The zero-order valence-corrected chi connectivity index (χ0v) is 11.9. The standard InChI is InChI=1S/C16H17F3N2/c1-3-21-15(13-8-11(2)9-20-10-13)12-4-6-14(7-5-12)16(17,18)19/h4-10,15,21H,3H2,1-2H3. The van der Waals surface area contributed by atoms with E-state index in [0.29, 0.717) is 6.54 Å². The second-order valence-corrected chi connectivity index (χ2v) is 4.91. The normalized spacial score (nSPS) is 13.2. The van der Waals surface area contributed by atoms with Crippen LogP contribution in [0.2, 0.25) is 0 Å². The van der Waals surface area contributed by atoms with E-state index >= 15 is 0 Å². The molecule has 0 bridgehead atoms. The van der Waals surface area contributed by atoms with Crippen LogP contribution in [0.1, 0.15) is 35.2 Å². The third-order valence-electron chi connectivity index (χ3n) is 3.21. The number of rotatable bonds is 4. The van der Waals surface area contributed by atoms with Crippen LogP contribution in [0.15, 0.2) is 42.7 Å². The van der Waals surface area contributed by atoms with Gasteiger partial charge in [-0.2, -0.15) is 13.2 Å². The average Bonchev–Trinajstić information content (AvgIpc) is 2.44. The molecule has 2 nitrogen and oxygen atoms in total. The smallest absolute Gasteiger partial charge is 0.306 e. The van der Waals surface area contributed by atoms with Crippen LogP contribution in [0.4, 0.5) is 13.2 Å². The molecule has 1 N–H and O–H groups in total. The van der Waals surface area contributed by atoms with E-state index in [1.165, 1.54) is 12.1 Å². The lowest BCUT2D eigenvalue weighted by atomic mass is 9.98. The lowest BCUT2D eigenvalue weighted by Gasteiger charge is -2.19. The largest absolute Gasteiger partial charge is 0.416 e. The maximum Gasteiger partial charge on any atom is 0.416 e. The summed E-state index contributed by atoms with van der Waals surface area (Å²) in [6, 6.07) is 7.07. The Morgan fingerprint density at radius 3 is 2.29 bits per heavy atom. The molecule has 1 aromatic heterocycles. The van der Waals surface area contributed by atoms with Crippen molar-refractivity contribution >= 4 is 0 Å². The molecule has 0 amide bonds. The highest BCUT2D eigenvalue weighted by Gasteiger charge is 2.30. The van der Waals surface area contributed by atoms with Crippen LogP contribution in [0.25, 0.3) is 0 Å². The molecular formula is C16H17F3N2. The first kappa shape index (κ1) is 15.5. The van der Waals surface area contributed by atoms with Gasteiger partial charge in [-0.05, 0) is 42.3 Å². The number of pyridine rings is 1. The minimum Gasteiger partial charge on any atom is -0.306 e. The Morgan fingerprint density at radius 1 is 1.10 bits per heavy atom. The van der Waals surface area contributed by atoms with Crippen molar-refractivity contribution in [3.8, 4) is 0 Å². The molecule has 0 aliphatic carbocycles. The monoisotopic (exact) mass is 294 g/mol. The fourth-order valence-electron chi connectivity index (χ4n) is 2.23.